The second-order valence-corrected chi connectivity index (χ2v) is 6.84. The Kier molecular flexibility index (Phi) is 5.50. The molecule has 0 atom stereocenters. The first-order valence-electron chi connectivity index (χ1n) is 8.07. The number of anilines is 1. The summed E-state index contributed by atoms with van der Waals surface area (Å²) in [6.45, 7) is 5.80. The third-order valence-electron chi connectivity index (χ3n) is 4.09. The minimum atomic E-state index is -2.61. The minimum absolute atomic E-state index is 0.168. The molecular weight excluding hydrogens is 372 g/mol. The van der Waals surface area contributed by atoms with Crippen LogP contribution in [0.3, 0.4) is 0 Å². The summed E-state index contributed by atoms with van der Waals surface area (Å²) in [4.78, 5) is 21.1. The van der Waals surface area contributed by atoms with Gasteiger partial charge in [0.2, 0.25) is 0 Å². The minimum Gasteiger partial charge on any atom is -0.319 e. The number of carbonyl (C=O) groups excluding carboxylic acids is 1. The number of halogens is 2. The van der Waals surface area contributed by atoms with Gasteiger partial charge in [0, 0.05) is 10.6 Å². The number of amides is 1. The van der Waals surface area contributed by atoms with Gasteiger partial charge in [-0.05, 0) is 38.5 Å². The first kappa shape index (κ1) is 19.0. The molecule has 1 amide bonds. The fraction of sp³-hybridized carbons (Fsp3) is 0.222. The number of hydrogen-bond acceptors (Lipinski definition) is 5. The number of aryl methyl sites for hydroxylation is 1. The second-order valence-electron chi connectivity index (χ2n) is 5.81. The van der Waals surface area contributed by atoms with Gasteiger partial charge < -0.3 is 5.32 Å². The molecule has 0 saturated carbocycles. The topological polar surface area (TPSA) is 72.7 Å². The number of benzene rings is 1. The van der Waals surface area contributed by atoms with E-state index in [-0.39, 0.29) is 10.5 Å². The standard InChI is InChI=1S/C18H17F2N5OS/c1-10-11(2)24-25(12(10)3)18-21-8-13(9-22-18)23-16(26)14-6-4-5-7-15(14)27-17(19)20/h4-9,17H,1-3H3,(H,23,26). The normalized spacial score (nSPS) is 11.0. The van der Waals surface area contributed by atoms with Gasteiger partial charge in [-0.15, -0.1) is 0 Å². The number of nitrogens with zero attached hydrogens (tertiary/aromatic N) is 4. The number of hydrogen-bond donors (Lipinski definition) is 1. The highest BCUT2D eigenvalue weighted by Gasteiger charge is 2.16. The van der Waals surface area contributed by atoms with Crippen LogP contribution < -0.4 is 5.32 Å². The molecule has 9 heteroatoms. The van der Waals surface area contributed by atoms with E-state index in [1.807, 2.05) is 20.8 Å². The zero-order valence-corrected chi connectivity index (χ0v) is 15.7. The van der Waals surface area contributed by atoms with E-state index in [0.717, 1.165) is 17.0 Å². The number of alkyl halides is 2. The van der Waals surface area contributed by atoms with E-state index < -0.39 is 11.7 Å². The van der Waals surface area contributed by atoms with Crippen molar-refractivity contribution in [2.24, 2.45) is 0 Å². The highest BCUT2D eigenvalue weighted by molar-refractivity contribution is 7.99. The Balaban J connectivity index is 1.79. The summed E-state index contributed by atoms with van der Waals surface area (Å²) in [5.41, 5.74) is 3.41. The van der Waals surface area contributed by atoms with Gasteiger partial charge in [0.05, 0.1) is 29.3 Å². The Morgan fingerprint density at radius 2 is 1.81 bits per heavy atom. The predicted molar refractivity (Wildman–Crippen MR) is 99.6 cm³/mol. The summed E-state index contributed by atoms with van der Waals surface area (Å²) in [5.74, 6) is -2.72. The number of aromatic nitrogens is 4. The maximum atomic E-state index is 12.7. The molecule has 0 fully saturated rings. The van der Waals surface area contributed by atoms with Crippen LogP contribution in [0.2, 0.25) is 0 Å². The third-order valence-corrected chi connectivity index (χ3v) is 4.87. The zero-order chi connectivity index (χ0) is 19.6. The van der Waals surface area contributed by atoms with E-state index >= 15 is 0 Å². The van der Waals surface area contributed by atoms with Crippen LogP contribution in [0.5, 0.6) is 0 Å². The molecule has 0 aliphatic heterocycles. The summed E-state index contributed by atoms with van der Waals surface area (Å²) >= 11 is 0.332. The molecule has 27 heavy (non-hydrogen) atoms. The third kappa shape index (κ3) is 4.13. The molecule has 0 aliphatic rings. The molecule has 0 aliphatic carbocycles. The molecule has 0 radical (unpaired) electrons. The SMILES string of the molecule is Cc1nn(-c2ncc(NC(=O)c3ccccc3SC(F)F)cn2)c(C)c1C. The molecule has 1 N–H and O–H groups in total. The molecule has 2 heterocycles. The Labute approximate surface area is 159 Å². The van der Waals surface area contributed by atoms with Crippen molar-refractivity contribution in [1.82, 2.24) is 19.7 Å². The van der Waals surface area contributed by atoms with Crippen LogP contribution in [-0.2, 0) is 0 Å². The molecule has 0 spiro atoms. The van der Waals surface area contributed by atoms with Crippen molar-refractivity contribution in [3.8, 4) is 5.95 Å². The molecule has 6 nitrogen and oxygen atoms in total. The average Bonchev–Trinajstić information content (AvgIpc) is 2.90. The van der Waals surface area contributed by atoms with Gasteiger partial charge in [0.25, 0.3) is 17.6 Å². The van der Waals surface area contributed by atoms with Crippen LogP contribution in [0.4, 0.5) is 14.5 Å². The van der Waals surface area contributed by atoms with E-state index in [1.54, 1.807) is 16.8 Å². The number of rotatable bonds is 5. The van der Waals surface area contributed by atoms with Gasteiger partial charge in [0.1, 0.15) is 0 Å². The fourth-order valence-electron chi connectivity index (χ4n) is 2.46. The largest absolute Gasteiger partial charge is 0.319 e. The average molecular weight is 389 g/mol. The van der Waals surface area contributed by atoms with Gasteiger partial charge in [-0.1, -0.05) is 23.9 Å². The van der Waals surface area contributed by atoms with E-state index in [2.05, 4.69) is 20.4 Å². The molecule has 3 rings (SSSR count). The summed E-state index contributed by atoms with van der Waals surface area (Å²) < 4.78 is 27.0. The van der Waals surface area contributed by atoms with Gasteiger partial charge in [-0.2, -0.15) is 13.9 Å². The smallest absolute Gasteiger partial charge is 0.288 e. The maximum absolute atomic E-state index is 12.7. The summed E-state index contributed by atoms with van der Waals surface area (Å²) in [5, 5.41) is 7.02. The summed E-state index contributed by atoms with van der Waals surface area (Å²) in [6, 6.07) is 6.20. The Bertz CT molecular complexity index is 972. The second kappa shape index (κ2) is 7.83. The Morgan fingerprint density at radius 1 is 1.15 bits per heavy atom. The van der Waals surface area contributed by atoms with E-state index in [1.165, 1.54) is 24.5 Å². The van der Waals surface area contributed by atoms with Gasteiger partial charge in [-0.25, -0.2) is 14.6 Å². The van der Waals surface area contributed by atoms with Crippen LogP contribution in [0.25, 0.3) is 5.95 Å². The predicted octanol–water partition coefficient (Wildman–Crippen LogP) is 4.15. The van der Waals surface area contributed by atoms with E-state index in [4.69, 9.17) is 0 Å². The Hall–Kier alpha value is -2.81. The van der Waals surface area contributed by atoms with Crippen LogP contribution in [0, 0.1) is 20.8 Å². The van der Waals surface area contributed by atoms with Gasteiger partial charge in [0.15, 0.2) is 0 Å². The molecule has 0 bridgehead atoms. The van der Waals surface area contributed by atoms with Crippen molar-refractivity contribution in [2.45, 2.75) is 31.4 Å². The van der Waals surface area contributed by atoms with Crippen molar-refractivity contribution in [2.75, 3.05) is 5.32 Å². The fourth-order valence-corrected chi connectivity index (χ4v) is 3.10. The maximum Gasteiger partial charge on any atom is 0.288 e. The lowest BCUT2D eigenvalue weighted by atomic mass is 10.2. The lowest BCUT2D eigenvalue weighted by Crippen LogP contribution is -2.14. The highest BCUT2D eigenvalue weighted by Crippen LogP contribution is 2.28. The first-order chi connectivity index (χ1) is 12.9. The molecular formula is C18H17F2N5OS. The van der Waals surface area contributed by atoms with Crippen LogP contribution in [-0.4, -0.2) is 31.4 Å². The zero-order valence-electron chi connectivity index (χ0n) is 14.9. The monoisotopic (exact) mass is 389 g/mol. The molecule has 2 aromatic heterocycles. The molecule has 0 unspecified atom stereocenters. The number of thioether (sulfide) groups is 1. The Morgan fingerprint density at radius 3 is 2.41 bits per heavy atom. The molecule has 1 aromatic carbocycles. The highest BCUT2D eigenvalue weighted by atomic mass is 32.2. The number of carbonyl (C=O) groups is 1. The lowest BCUT2D eigenvalue weighted by Gasteiger charge is -2.09. The van der Waals surface area contributed by atoms with Crippen molar-refractivity contribution in [3.63, 3.8) is 0 Å². The molecule has 3 aromatic rings. The van der Waals surface area contributed by atoms with Crippen LogP contribution in [0.15, 0.2) is 41.6 Å². The molecule has 140 valence electrons. The van der Waals surface area contributed by atoms with E-state index in [0.29, 0.717) is 23.4 Å². The van der Waals surface area contributed by atoms with Crippen LogP contribution >= 0.6 is 11.8 Å². The van der Waals surface area contributed by atoms with Crippen LogP contribution in [0.1, 0.15) is 27.3 Å². The quantitative estimate of drug-likeness (QED) is 0.664. The van der Waals surface area contributed by atoms with Crippen molar-refractivity contribution in [3.05, 3.63) is 59.2 Å². The first-order valence-corrected chi connectivity index (χ1v) is 8.95. The van der Waals surface area contributed by atoms with Gasteiger partial charge in [-0.3, -0.25) is 4.79 Å². The number of nitrogens with one attached hydrogen (secondary N) is 1. The summed E-state index contributed by atoms with van der Waals surface area (Å²) in [7, 11) is 0. The molecule has 0 saturated heterocycles. The summed E-state index contributed by atoms with van der Waals surface area (Å²) in [6.07, 6.45) is 2.91. The van der Waals surface area contributed by atoms with E-state index in [9.17, 15) is 13.6 Å². The van der Waals surface area contributed by atoms with Crippen molar-refractivity contribution < 1.29 is 13.6 Å². The van der Waals surface area contributed by atoms with Gasteiger partial charge >= 0.3 is 0 Å². The van der Waals surface area contributed by atoms with Crippen molar-refractivity contribution in [1.29, 1.82) is 0 Å². The lowest BCUT2D eigenvalue weighted by molar-refractivity contribution is 0.102. The van der Waals surface area contributed by atoms with Crippen molar-refractivity contribution >= 4 is 23.4 Å².